The molecule has 0 fully saturated rings. The Morgan fingerprint density at radius 2 is 2.17 bits per heavy atom. The van der Waals surface area contributed by atoms with Crippen LogP contribution in [0.5, 0.6) is 0 Å². The monoisotopic (exact) mass is 247 g/mol. The second kappa shape index (κ2) is 6.01. The van der Waals surface area contributed by atoms with E-state index >= 15 is 0 Å². The lowest BCUT2D eigenvalue weighted by Gasteiger charge is -2.20. The summed E-state index contributed by atoms with van der Waals surface area (Å²) in [5.74, 6) is 0.417. The van der Waals surface area contributed by atoms with Crippen molar-refractivity contribution in [3.8, 4) is 6.07 Å². The van der Waals surface area contributed by atoms with Crippen LogP contribution in [0.25, 0.3) is 0 Å². The van der Waals surface area contributed by atoms with Gasteiger partial charge in [-0.3, -0.25) is 10.1 Å². The number of hydrogen-bond acceptors (Lipinski definition) is 4. The van der Waals surface area contributed by atoms with Gasteiger partial charge < -0.3 is 5.32 Å². The predicted octanol–water partition coefficient (Wildman–Crippen LogP) is 3.31. The van der Waals surface area contributed by atoms with Crippen molar-refractivity contribution in [2.45, 2.75) is 33.2 Å². The van der Waals surface area contributed by atoms with Crippen LogP contribution in [0.1, 0.15) is 32.8 Å². The molecule has 18 heavy (non-hydrogen) atoms. The highest BCUT2D eigenvalue weighted by Crippen LogP contribution is 2.27. The number of hydrogen-bond donors (Lipinski definition) is 1. The number of nitro benzene ring substituents is 1. The number of anilines is 1. The molecule has 1 aromatic carbocycles. The van der Waals surface area contributed by atoms with Gasteiger partial charge in [0.25, 0.3) is 5.69 Å². The summed E-state index contributed by atoms with van der Waals surface area (Å²) in [5, 5.41) is 22.9. The average molecular weight is 247 g/mol. The molecule has 1 aromatic rings. The fourth-order valence-corrected chi connectivity index (χ4v) is 1.62. The van der Waals surface area contributed by atoms with E-state index in [9.17, 15) is 10.1 Å². The molecule has 96 valence electrons. The zero-order valence-electron chi connectivity index (χ0n) is 10.8. The molecule has 0 aliphatic rings. The maximum atomic E-state index is 11.0. The van der Waals surface area contributed by atoms with Gasteiger partial charge in [-0.2, -0.15) is 5.26 Å². The molecule has 0 aromatic heterocycles. The van der Waals surface area contributed by atoms with Crippen molar-refractivity contribution < 1.29 is 4.92 Å². The van der Waals surface area contributed by atoms with Crippen molar-refractivity contribution in [3.05, 3.63) is 33.9 Å². The molecule has 0 saturated carbocycles. The molecule has 0 spiro atoms. The number of rotatable bonds is 5. The van der Waals surface area contributed by atoms with E-state index in [1.165, 1.54) is 6.07 Å². The van der Waals surface area contributed by atoms with Gasteiger partial charge in [0.15, 0.2) is 0 Å². The van der Waals surface area contributed by atoms with E-state index in [1.807, 2.05) is 13.0 Å². The smallest absolute Gasteiger partial charge is 0.293 e. The average Bonchev–Trinajstić information content (AvgIpc) is 2.37. The maximum absolute atomic E-state index is 11.0. The first-order valence-corrected chi connectivity index (χ1v) is 5.94. The van der Waals surface area contributed by atoms with Crippen LogP contribution in [0.4, 0.5) is 11.4 Å². The summed E-state index contributed by atoms with van der Waals surface area (Å²) < 4.78 is 0. The molecule has 5 nitrogen and oxygen atoms in total. The summed E-state index contributed by atoms with van der Waals surface area (Å²) in [6.07, 6.45) is 0.998. The molecule has 0 saturated heterocycles. The van der Waals surface area contributed by atoms with Gasteiger partial charge in [0.1, 0.15) is 5.69 Å². The lowest BCUT2D eigenvalue weighted by Crippen LogP contribution is -2.23. The summed E-state index contributed by atoms with van der Waals surface area (Å²) in [4.78, 5) is 10.5. The van der Waals surface area contributed by atoms with E-state index in [0.29, 0.717) is 17.2 Å². The Kier molecular flexibility index (Phi) is 4.67. The Labute approximate surface area is 107 Å². The van der Waals surface area contributed by atoms with Crippen LogP contribution in [0, 0.1) is 27.4 Å². The summed E-state index contributed by atoms with van der Waals surface area (Å²) in [5.41, 5.74) is 0.708. The van der Waals surface area contributed by atoms with Crippen LogP contribution in [0.3, 0.4) is 0 Å². The van der Waals surface area contributed by atoms with Crippen molar-refractivity contribution in [3.63, 3.8) is 0 Å². The molecule has 0 amide bonds. The van der Waals surface area contributed by atoms with E-state index in [2.05, 4.69) is 19.2 Å². The Hall–Kier alpha value is -2.09. The Morgan fingerprint density at radius 1 is 1.50 bits per heavy atom. The fourth-order valence-electron chi connectivity index (χ4n) is 1.62. The summed E-state index contributed by atoms with van der Waals surface area (Å²) in [6.45, 7) is 6.17. The quantitative estimate of drug-likeness (QED) is 0.639. The molecule has 0 bridgehead atoms. The maximum Gasteiger partial charge on any atom is 0.293 e. The first-order chi connectivity index (χ1) is 8.49. The number of nitriles is 1. The summed E-state index contributed by atoms with van der Waals surface area (Å²) in [6, 6.07) is 6.52. The molecule has 2 atom stereocenters. The zero-order valence-corrected chi connectivity index (χ0v) is 10.8. The van der Waals surface area contributed by atoms with Crippen molar-refractivity contribution >= 4 is 11.4 Å². The lowest BCUT2D eigenvalue weighted by molar-refractivity contribution is -0.384. The first-order valence-electron chi connectivity index (χ1n) is 5.94. The van der Waals surface area contributed by atoms with Crippen LogP contribution in [-0.4, -0.2) is 11.0 Å². The normalized spacial score (nSPS) is 13.4. The van der Waals surface area contributed by atoms with E-state index in [1.54, 1.807) is 12.1 Å². The van der Waals surface area contributed by atoms with Crippen molar-refractivity contribution in [1.29, 1.82) is 5.26 Å². The lowest BCUT2D eigenvalue weighted by atomic mass is 10.0. The molecule has 0 aliphatic carbocycles. The van der Waals surface area contributed by atoms with E-state index in [0.717, 1.165) is 6.42 Å². The SMILES string of the molecule is CCC(C)C(C)Nc1ccc(C#N)cc1[N+](=O)[O-]. The third kappa shape index (κ3) is 3.20. The van der Waals surface area contributed by atoms with Crippen LogP contribution in [0.15, 0.2) is 18.2 Å². The molecular weight excluding hydrogens is 230 g/mol. The standard InChI is InChI=1S/C13H17N3O2/c1-4-9(2)10(3)15-12-6-5-11(8-14)7-13(12)16(17)18/h5-7,9-10,15H,4H2,1-3H3. The van der Waals surface area contributed by atoms with Crippen molar-refractivity contribution in [1.82, 2.24) is 0 Å². The highest BCUT2D eigenvalue weighted by molar-refractivity contribution is 5.64. The minimum atomic E-state index is -0.466. The second-order valence-corrected chi connectivity index (χ2v) is 4.42. The number of nitro groups is 1. The van der Waals surface area contributed by atoms with Gasteiger partial charge in [-0.1, -0.05) is 20.3 Å². The fraction of sp³-hybridized carbons (Fsp3) is 0.462. The predicted molar refractivity (Wildman–Crippen MR) is 70.4 cm³/mol. The highest BCUT2D eigenvalue weighted by Gasteiger charge is 2.18. The molecule has 2 unspecified atom stereocenters. The van der Waals surface area contributed by atoms with Gasteiger partial charge in [0.2, 0.25) is 0 Å². The number of nitrogens with one attached hydrogen (secondary N) is 1. The molecule has 0 aliphatic heterocycles. The van der Waals surface area contributed by atoms with Gasteiger partial charge in [0.05, 0.1) is 16.6 Å². The number of nitrogens with zero attached hydrogens (tertiary/aromatic N) is 2. The number of benzene rings is 1. The highest BCUT2D eigenvalue weighted by atomic mass is 16.6. The Bertz CT molecular complexity index is 480. The summed E-state index contributed by atoms with van der Waals surface area (Å²) in [7, 11) is 0. The molecule has 0 radical (unpaired) electrons. The van der Waals surface area contributed by atoms with Gasteiger partial charge in [0, 0.05) is 12.1 Å². The molecule has 0 heterocycles. The minimum Gasteiger partial charge on any atom is -0.377 e. The topological polar surface area (TPSA) is 79.0 Å². The van der Waals surface area contributed by atoms with Crippen LogP contribution in [-0.2, 0) is 0 Å². The van der Waals surface area contributed by atoms with Crippen LogP contribution < -0.4 is 5.32 Å². The third-order valence-corrected chi connectivity index (χ3v) is 3.20. The van der Waals surface area contributed by atoms with Crippen molar-refractivity contribution in [2.75, 3.05) is 5.32 Å². The zero-order chi connectivity index (χ0) is 13.7. The van der Waals surface area contributed by atoms with E-state index in [-0.39, 0.29) is 11.7 Å². The Balaban J connectivity index is 3.02. The molecular formula is C13H17N3O2. The molecule has 1 N–H and O–H groups in total. The van der Waals surface area contributed by atoms with Gasteiger partial charge in [-0.05, 0) is 25.0 Å². The van der Waals surface area contributed by atoms with E-state index < -0.39 is 4.92 Å². The first kappa shape index (κ1) is 14.0. The third-order valence-electron chi connectivity index (χ3n) is 3.20. The largest absolute Gasteiger partial charge is 0.377 e. The van der Waals surface area contributed by atoms with Crippen LogP contribution in [0.2, 0.25) is 0 Å². The minimum absolute atomic E-state index is 0.0517. The molecule has 1 rings (SSSR count). The van der Waals surface area contributed by atoms with Gasteiger partial charge in [-0.25, -0.2) is 0 Å². The van der Waals surface area contributed by atoms with Crippen LogP contribution >= 0.6 is 0 Å². The van der Waals surface area contributed by atoms with Gasteiger partial charge >= 0.3 is 0 Å². The summed E-state index contributed by atoms with van der Waals surface area (Å²) >= 11 is 0. The van der Waals surface area contributed by atoms with Gasteiger partial charge in [-0.15, -0.1) is 0 Å². The Morgan fingerprint density at radius 3 is 2.67 bits per heavy atom. The molecule has 5 heteroatoms. The second-order valence-electron chi connectivity index (χ2n) is 4.42. The van der Waals surface area contributed by atoms with E-state index in [4.69, 9.17) is 5.26 Å². The van der Waals surface area contributed by atoms with Crippen molar-refractivity contribution in [2.24, 2.45) is 5.92 Å².